The van der Waals surface area contributed by atoms with Crippen molar-refractivity contribution in [3.8, 4) is 0 Å². The highest BCUT2D eigenvalue weighted by Gasteiger charge is 2.18. The van der Waals surface area contributed by atoms with Crippen LogP contribution in [0.3, 0.4) is 0 Å². The van der Waals surface area contributed by atoms with Crippen molar-refractivity contribution in [2.45, 2.75) is 31.6 Å². The van der Waals surface area contributed by atoms with E-state index in [0.29, 0.717) is 17.1 Å². The lowest BCUT2D eigenvalue weighted by Crippen LogP contribution is -2.15. The average Bonchev–Trinajstić information content (AvgIpc) is 2.48. The summed E-state index contributed by atoms with van der Waals surface area (Å²) in [6.45, 7) is 3.95. The molecule has 0 saturated carbocycles. The van der Waals surface area contributed by atoms with Gasteiger partial charge in [-0.1, -0.05) is 49.7 Å². The van der Waals surface area contributed by atoms with Gasteiger partial charge in [-0.05, 0) is 42.2 Å². The van der Waals surface area contributed by atoms with E-state index in [2.05, 4.69) is 4.72 Å². The molecule has 2 aromatic carbocycles. The number of anilines is 1. The fourth-order valence-electron chi connectivity index (χ4n) is 2.23. The third kappa shape index (κ3) is 3.39. The van der Waals surface area contributed by atoms with Crippen LogP contribution >= 0.6 is 11.6 Å². The number of nitrogens with one attached hydrogen (secondary N) is 1. The van der Waals surface area contributed by atoms with E-state index < -0.39 is 10.0 Å². The molecule has 0 spiro atoms. The van der Waals surface area contributed by atoms with E-state index in [9.17, 15) is 8.42 Å². The van der Waals surface area contributed by atoms with Gasteiger partial charge in [-0.15, -0.1) is 0 Å². The van der Waals surface area contributed by atoms with E-state index in [1.807, 2.05) is 26.0 Å². The topological polar surface area (TPSA) is 46.2 Å². The van der Waals surface area contributed by atoms with Crippen LogP contribution in [-0.2, 0) is 22.9 Å². The number of hydrogen-bond donors (Lipinski definition) is 1. The molecular formula is C16H18ClNO2S. The second-order valence-electron chi connectivity index (χ2n) is 4.69. The molecule has 5 heteroatoms. The van der Waals surface area contributed by atoms with Crippen LogP contribution in [0.2, 0.25) is 5.02 Å². The van der Waals surface area contributed by atoms with Gasteiger partial charge in [-0.25, -0.2) is 8.42 Å². The molecule has 0 aliphatic carbocycles. The lowest BCUT2D eigenvalue weighted by atomic mass is 10.0. The van der Waals surface area contributed by atoms with Crippen molar-refractivity contribution in [3.63, 3.8) is 0 Å². The Labute approximate surface area is 131 Å². The molecule has 0 unspecified atom stereocenters. The molecular weight excluding hydrogens is 306 g/mol. The highest BCUT2D eigenvalue weighted by molar-refractivity contribution is 7.92. The molecule has 0 radical (unpaired) electrons. The molecule has 0 fully saturated rings. The fourth-order valence-corrected chi connectivity index (χ4v) is 3.68. The summed E-state index contributed by atoms with van der Waals surface area (Å²) in [6.07, 6.45) is 1.40. The van der Waals surface area contributed by atoms with Crippen LogP contribution in [-0.4, -0.2) is 8.42 Å². The molecule has 0 aliphatic rings. The van der Waals surface area contributed by atoms with Crippen molar-refractivity contribution in [3.05, 3.63) is 58.6 Å². The Kier molecular flexibility index (Phi) is 4.91. The van der Waals surface area contributed by atoms with E-state index in [0.717, 1.165) is 17.5 Å². The molecule has 21 heavy (non-hydrogen) atoms. The minimum Gasteiger partial charge on any atom is -0.279 e. The zero-order valence-corrected chi connectivity index (χ0v) is 13.6. The first-order valence-electron chi connectivity index (χ1n) is 6.87. The Morgan fingerprint density at radius 1 is 1.00 bits per heavy atom. The number of hydrogen-bond acceptors (Lipinski definition) is 2. The van der Waals surface area contributed by atoms with Gasteiger partial charge >= 0.3 is 0 Å². The molecule has 0 saturated heterocycles. The van der Waals surface area contributed by atoms with Gasteiger partial charge in [0.25, 0.3) is 10.0 Å². The summed E-state index contributed by atoms with van der Waals surface area (Å²) in [5.74, 6) is 0. The number of aryl methyl sites for hydroxylation is 1. The highest BCUT2D eigenvalue weighted by Crippen LogP contribution is 2.31. The molecule has 1 N–H and O–H groups in total. The molecule has 112 valence electrons. The number of rotatable bonds is 5. The van der Waals surface area contributed by atoms with Gasteiger partial charge in [0.15, 0.2) is 0 Å². The molecule has 0 aromatic heterocycles. The van der Waals surface area contributed by atoms with Gasteiger partial charge < -0.3 is 0 Å². The van der Waals surface area contributed by atoms with Gasteiger partial charge in [0, 0.05) is 5.02 Å². The smallest absolute Gasteiger partial charge is 0.261 e. The largest absolute Gasteiger partial charge is 0.279 e. The van der Waals surface area contributed by atoms with Crippen LogP contribution in [0.4, 0.5) is 5.69 Å². The number of halogens is 1. The maximum Gasteiger partial charge on any atom is 0.261 e. The van der Waals surface area contributed by atoms with E-state index >= 15 is 0 Å². The summed E-state index contributed by atoms with van der Waals surface area (Å²) in [4.78, 5) is 0.245. The standard InChI is InChI=1S/C16H18ClNO2S/c1-3-12-10-11-15(17)14(4-2)16(12)18-21(19,20)13-8-6-5-7-9-13/h5-11,18H,3-4H2,1-2H3. The summed E-state index contributed by atoms with van der Waals surface area (Å²) in [5, 5.41) is 0.584. The molecule has 2 aromatic rings. The first-order chi connectivity index (χ1) is 9.99. The monoisotopic (exact) mass is 323 g/mol. The van der Waals surface area contributed by atoms with Gasteiger partial charge in [0.05, 0.1) is 10.6 Å². The van der Waals surface area contributed by atoms with Crippen molar-refractivity contribution in [2.75, 3.05) is 4.72 Å². The number of sulfonamides is 1. The summed E-state index contributed by atoms with van der Waals surface area (Å²) in [5.41, 5.74) is 2.38. The van der Waals surface area contributed by atoms with Crippen LogP contribution < -0.4 is 4.72 Å². The Balaban J connectivity index is 2.51. The van der Waals surface area contributed by atoms with Crippen molar-refractivity contribution in [1.82, 2.24) is 0 Å². The SMILES string of the molecule is CCc1ccc(Cl)c(CC)c1NS(=O)(=O)c1ccccc1. The molecule has 0 bridgehead atoms. The van der Waals surface area contributed by atoms with Crippen LogP contribution in [0.1, 0.15) is 25.0 Å². The fraction of sp³-hybridized carbons (Fsp3) is 0.250. The molecule has 0 amide bonds. The molecule has 3 nitrogen and oxygen atoms in total. The Bertz CT molecular complexity index is 727. The summed E-state index contributed by atoms with van der Waals surface area (Å²) in [6, 6.07) is 12.0. The molecule has 0 atom stereocenters. The number of benzene rings is 2. The first kappa shape index (κ1) is 15.9. The quantitative estimate of drug-likeness (QED) is 0.893. The van der Waals surface area contributed by atoms with Gasteiger partial charge in [0.1, 0.15) is 0 Å². The predicted octanol–water partition coefficient (Wildman–Crippen LogP) is 4.27. The summed E-state index contributed by atoms with van der Waals surface area (Å²) >= 11 is 6.20. The van der Waals surface area contributed by atoms with Crippen LogP contribution in [0.15, 0.2) is 47.4 Å². The zero-order valence-electron chi connectivity index (χ0n) is 12.1. The third-order valence-corrected chi connectivity index (χ3v) is 5.09. The van der Waals surface area contributed by atoms with E-state index in [1.165, 1.54) is 0 Å². The van der Waals surface area contributed by atoms with Crippen LogP contribution in [0, 0.1) is 0 Å². The van der Waals surface area contributed by atoms with Crippen LogP contribution in [0.25, 0.3) is 0 Å². The Hall–Kier alpha value is -1.52. The Morgan fingerprint density at radius 3 is 2.24 bits per heavy atom. The molecule has 0 aliphatic heterocycles. The van der Waals surface area contributed by atoms with Gasteiger partial charge in [-0.3, -0.25) is 4.72 Å². The minimum absolute atomic E-state index is 0.245. The molecule has 2 rings (SSSR count). The second kappa shape index (κ2) is 6.50. The van der Waals surface area contributed by atoms with Crippen molar-refractivity contribution < 1.29 is 8.42 Å². The van der Waals surface area contributed by atoms with E-state index in [4.69, 9.17) is 11.6 Å². The summed E-state index contributed by atoms with van der Waals surface area (Å²) < 4.78 is 27.7. The van der Waals surface area contributed by atoms with Gasteiger partial charge in [0.2, 0.25) is 0 Å². The lowest BCUT2D eigenvalue weighted by molar-refractivity contribution is 0.601. The zero-order chi connectivity index (χ0) is 15.5. The Morgan fingerprint density at radius 2 is 1.67 bits per heavy atom. The normalized spacial score (nSPS) is 11.4. The van der Waals surface area contributed by atoms with E-state index in [1.54, 1.807) is 30.3 Å². The average molecular weight is 324 g/mol. The maximum absolute atomic E-state index is 12.5. The summed E-state index contributed by atoms with van der Waals surface area (Å²) in [7, 11) is -3.60. The molecule has 0 heterocycles. The van der Waals surface area contributed by atoms with E-state index in [-0.39, 0.29) is 4.90 Å². The highest BCUT2D eigenvalue weighted by atomic mass is 35.5. The van der Waals surface area contributed by atoms with Crippen molar-refractivity contribution in [1.29, 1.82) is 0 Å². The minimum atomic E-state index is -3.60. The van der Waals surface area contributed by atoms with Crippen LogP contribution in [0.5, 0.6) is 0 Å². The van der Waals surface area contributed by atoms with Gasteiger partial charge in [-0.2, -0.15) is 0 Å². The first-order valence-corrected chi connectivity index (χ1v) is 8.73. The van der Waals surface area contributed by atoms with Crippen molar-refractivity contribution >= 4 is 27.3 Å². The lowest BCUT2D eigenvalue weighted by Gasteiger charge is -2.17. The second-order valence-corrected chi connectivity index (χ2v) is 6.78. The third-order valence-electron chi connectivity index (χ3n) is 3.37. The van der Waals surface area contributed by atoms with Crippen molar-refractivity contribution in [2.24, 2.45) is 0 Å². The predicted molar refractivity (Wildman–Crippen MR) is 87.5 cm³/mol. The maximum atomic E-state index is 12.5.